The van der Waals surface area contributed by atoms with E-state index in [1.165, 1.54) is 5.56 Å². The number of ether oxygens (including phenoxy) is 1. The third-order valence-corrected chi connectivity index (χ3v) is 3.25. The number of benzene rings is 2. The molecule has 98 valence electrons. The highest BCUT2D eigenvalue weighted by atomic mass is 16.5. The molecule has 0 amide bonds. The summed E-state index contributed by atoms with van der Waals surface area (Å²) in [4.78, 5) is 11.7. The molecule has 0 saturated carbocycles. The molecule has 2 aromatic rings. The molecule has 0 bridgehead atoms. The minimum Gasteiger partial charge on any atom is -0.496 e. The molecule has 0 fully saturated rings. The van der Waals surface area contributed by atoms with E-state index in [1.54, 1.807) is 14.0 Å². The molecule has 0 saturated heterocycles. The number of hydrogen-bond donors (Lipinski definition) is 0. The van der Waals surface area contributed by atoms with Gasteiger partial charge in [-0.2, -0.15) is 0 Å². The zero-order valence-corrected chi connectivity index (χ0v) is 11.6. The number of carbonyl (C=O) groups is 1. The first-order chi connectivity index (χ1) is 9.15. The highest BCUT2D eigenvalue weighted by molar-refractivity contribution is 5.98. The zero-order chi connectivity index (χ0) is 13.8. The van der Waals surface area contributed by atoms with Crippen LogP contribution >= 0.6 is 0 Å². The van der Waals surface area contributed by atoms with Crippen molar-refractivity contribution in [3.05, 3.63) is 53.6 Å². The molecule has 0 aromatic heterocycles. The number of methoxy groups -OCH3 is 1. The Morgan fingerprint density at radius 2 is 1.84 bits per heavy atom. The topological polar surface area (TPSA) is 26.3 Å². The van der Waals surface area contributed by atoms with Gasteiger partial charge in [0.2, 0.25) is 0 Å². The van der Waals surface area contributed by atoms with Crippen molar-refractivity contribution in [2.75, 3.05) is 7.11 Å². The van der Waals surface area contributed by atoms with Gasteiger partial charge in [-0.25, -0.2) is 0 Å². The lowest BCUT2D eigenvalue weighted by Crippen LogP contribution is -1.98. The zero-order valence-electron chi connectivity index (χ0n) is 11.6. The van der Waals surface area contributed by atoms with Crippen molar-refractivity contribution in [1.29, 1.82) is 0 Å². The summed E-state index contributed by atoms with van der Waals surface area (Å²) in [5, 5.41) is 0. The summed E-state index contributed by atoms with van der Waals surface area (Å²) in [6.45, 7) is 3.69. The van der Waals surface area contributed by atoms with Crippen LogP contribution in [-0.4, -0.2) is 12.9 Å². The fourth-order valence-electron chi connectivity index (χ4n) is 2.13. The Hall–Kier alpha value is -2.09. The van der Waals surface area contributed by atoms with E-state index in [1.807, 2.05) is 24.3 Å². The Morgan fingerprint density at radius 1 is 1.11 bits per heavy atom. The van der Waals surface area contributed by atoms with E-state index in [-0.39, 0.29) is 5.78 Å². The highest BCUT2D eigenvalue weighted by Crippen LogP contribution is 2.27. The summed E-state index contributed by atoms with van der Waals surface area (Å²) >= 11 is 0. The van der Waals surface area contributed by atoms with E-state index >= 15 is 0 Å². The van der Waals surface area contributed by atoms with E-state index in [2.05, 4.69) is 25.1 Å². The quantitative estimate of drug-likeness (QED) is 0.767. The van der Waals surface area contributed by atoms with Gasteiger partial charge >= 0.3 is 0 Å². The monoisotopic (exact) mass is 254 g/mol. The van der Waals surface area contributed by atoms with Crippen LogP contribution in [0, 0.1) is 0 Å². The first-order valence-electron chi connectivity index (χ1n) is 6.44. The van der Waals surface area contributed by atoms with Crippen LogP contribution in [0.4, 0.5) is 0 Å². The summed E-state index contributed by atoms with van der Waals surface area (Å²) in [6, 6.07) is 14.1. The lowest BCUT2D eigenvalue weighted by molar-refractivity contribution is 0.101. The maximum atomic E-state index is 11.7. The van der Waals surface area contributed by atoms with Crippen LogP contribution in [0.1, 0.15) is 29.8 Å². The van der Waals surface area contributed by atoms with E-state index in [9.17, 15) is 4.79 Å². The standard InChI is InChI=1S/C17H18O2/c1-4-13-6-5-7-14(10-13)15-8-9-17(19-3)16(11-15)12(2)18/h5-11H,4H2,1-3H3. The van der Waals surface area contributed by atoms with Gasteiger partial charge in [0, 0.05) is 0 Å². The van der Waals surface area contributed by atoms with E-state index in [4.69, 9.17) is 4.74 Å². The van der Waals surface area contributed by atoms with E-state index < -0.39 is 0 Å². The fraction of sp³-hybridized carbons (Fsp3) is 0.235. The van der Waals surface area contributed by atoms with E-state index in [0.29, 0.717) is 11.3 Å². The number of hydrogen-bond acceptors (Lipinski definition) is 2. The van der Waals surface area contributed by atoms with Crippen molar-refractivity contribution in [3.8, 4) is 16.9 Å². The van der Waals surface area contributed by atoms with Crippen molar-refractivity contribution in [2.24, 2.45) is 0 Å². The fourth-order valence-corrected chi connectivity index (χ4v) is 2.13. The molecule has 2 nitrogen and oxygen atoms in total. The molecule has 0 unspecified atom stereocenters. The van der Waals surface area contributed by atoms with Gasteiger partial charge in [-0.15, -0.1) is 0 Å². The smallest absolute Gasteiger partial charge is 0.163 e. The molecule has 0 spiro atoms. The second-order valence-corrected chi connectivity index (χ2v) is 4.53. The van der Waals surface area contributed by atoms with Crippen LogP contribution < -0.4 is 4.74 Å². The molecule has 2 heteroatoms. The molecule has 0 aliphatic heterocycles. The van der Waals surface area contributed by atoms with Crippen LogP contribution in [-0.2, 0) is 6.42 Å². The molecular formula is C17H18O2. The third kappa shape index (κ3) is 2.84. The number of rotatable bonds is 4. The van der Waals surface area contributed by atoms with Gasteiger partial charge in [0.1, 0.15) is 5.75 Å². The Kier molecular flexibility index (Phi) is 4.00. The van der Waals surface area contributed by atoms with Crippen LogP contribution in [0.25, 0.3) is 11.1 Å². The first kappa shape index (κ1) is 13.3. The highest BCUT2D eigenvalue weighted by Gasteiger charge is 2.09. The van der Waals surface area contributed by atoms with Crippen LogP contribution in [0.5, 0.6) is 5.75 Å². The van der Waals surface area contributed by atoms with Crippen molar-refractivity contribution in [3.63, 3.8) is 0 Å². The van der Waals surface area contributed by atoms with Crippen molar-refractivity contribution in [2.45, 2.75) is 20.3 Å². The summed E-state index contributed by atoms with van der Waals surface area (Å²) in [6.07, 6.45) is 1.00. The van der Waals surface area contributed by atoms with Gasteiger partial charge in [0.15, 0.2) is 5.78 Å². The van der Waals surface area contributed by atoms with Crippen LogP contribution in [0.2, 0.25) is 0 Å². The van der Waals surface area contributed by atoms with E-state index in [0.717, 1.165) is 17.5 Å². The molecule has 0 radical (unpaired) electrons. The molecule has 2 rings (SSSR count). The number of ketones is 1. The Balaban J connectivity index is 2.50. The van der Waals surface area contributed by atoms with Crippen LogP contribution in [0.15, 0.2) is 42.5 Å². The Morgan fingerprint density at radius 3 is 2.47 bits per heavy atom. The summed E-state index contributed by atoms with van der Waals surface area (Å²) in [5.74, 6) is 0.647. The second kappa shape index (κ2) is 5.70. The molecule has 0 aliphatic rings. The van der Waals surface area contributed by atoms with Gasteiger partial charge < -0.3 is 4.74 Å². The number of carbonyl (C=O) groups excluding carboxylic acids is 1. The second-order valence-electron chi connectivity index (χ2n) is 4.53. The molecular weight excluding hydrogens is 236 g/mol. The average molecular weight is 254 g/mol. The Labute approximate surface area is 114 Å². The molecule has 0 atom stereocenters. The minimum atomic E-state index is 0.0188. The normalized spacial score (nSPS) is 10.3. The van der Waals surface area contributed by atoms with Gasteiger partial charge in [-0.05, 0) is 42.2 Å². The largest absolute Gasteiger partial charge is 0.496 e. The molecule has 0 aliphatic carbocycles. The number of aryl methyl sites for hydroxylation is 1. The summed E-state index contributed by atoms with van der Waals surface area (Å²) in [7, 11) is 1.58. The third-order valence-electron chi connectivity index (χ3n) is 3.25. The van der Waals surface area contributed by atoms with Crippen molar-refractivity contribution in [1.82, 2.24) is 0 Å². The lowest BCUT2D eigenvalue weighted by atomic mass is 9.99. The predicted molar refractivity (Wildman–Crippen MR) is 77.8 cm³/mol. The molecule has 2 aromatic carbocycles. The predicted octanol–water partition coefficient (Wildman–Crippen LogP) is 4.13. The molecule has 0 heterocycles. The van der Waals surface area contributed by atoms with Gasteiger partial charge in [0.05, 0.1) is 12.7 Å². The first-order valence-corrected chi connectivity index (χ1v) is 6.44. The van der Waals surface area contributed by atoms with Gasteiger partial charge in [-0.3, -0.25) is 4.79 Å². The Bertz CT molecular complexity index is 600. The molecule has 0 N–H and O–H groups in total. The SMILES string of the molecule is CCc1cccc(-c2ccc(OC)c(C(C)=O)c2)c1. The lowest BCUT2D eigenvalue weighted by Gasteiger charge is -2.09. The summed E-state index contributed by atoms with van der Waals surface area (Å²) in [5.41, 5.74) is 4.09. The van der Waals surface area contributed by atoms with Crippen molar-refractivity contribution >= 4 is 5.78 Å². The number of Topliss-reactive ketones (excluding diaryl/α,β-unsaturated/α-hetero) is 1. The van der Waals surface area contributed by atoms with Gasteiger partial charge in [0.25, 0.3) is 0 Å². The maximum absolute atomic E-state index is 11.7. The average Bonchev–Trinajstić information content (AvgIpc) is 2.46. The van der Waals surface area contributed by atoms with Crippen LogP contribution in [0.3, 0.4) is 0 Å². The summed E-state index contributed by atoms with van der Waals surface area (Å²) < 4.78 is 5.22. The van der Waals surface area contributed by atoms with Gasteiger partial charge in [-0.1, -0.05) is 37.3 Å². The molecule has 19 heavy (non-hydrogen) atoms. The maximum Gasteiger partial charge on any atom is 0.163 e. The minimum absolute atomic E-state index is 0.0188. The van der Waals surface area contributed by atoms with Crippen molar-refractivity contribution < 1.29 is 9.53 Å².